The van der Waals surface area contributed by atoms with Crippen LogP contribution in [0.1, 0.15) is 60.0 Å². The molecule has 6 atom stereocenters. The summed E-state index contributed by atoms with van der Waals surface area (Å²) >= 11 is 0. The van der Waals surface area contributed by atoms with Crippen molar-refractivity contribution in [1.29, 1.82) is 0 Å². The van der Waals surface area contributed by atoms with E-state index in [1.807, 2.05) is 0 Å². The number of hydrogen-bond acceptors (Lipinski definition) is 9. The van der Waals surface area contributed by atoms with Gasteiger partial charge in [-0.3, -0.25) is 28.9 Å². The monoisotopic (exact) mass is 536 g/mol. The lowest BCUT2D eigenvalue weighted by Gasteiger charge is -2.52. The Kier molecular flexibility index (Phi) is 6.53. The second-order valence-electron chi connectivity index (χ2n) is 11.6. The number of likely N-dealkylation sites (N-methyl/N-ethyl adjacent to an activating group) is 1. The number of hydrogen-bond donors (Lipinski definition) is 4. The normalized spacial score (nSPS) is 33.5. The topological polar surface area (TPSA) is 175 Å². The van der Waals surface area contributed by atoms with Crippen molar-refractivity contribution in [3.63, 3.8) is 0 Å². The Hall–Kier alpha value is -3.39. The first kappa shape index (κ1) is 27.2. The van der Waals surface area contributed by atoms with Crippen LogP contribution >= 0.6 is 0 Å². The third-order valence-corrected chi connectivity index (χ3v) is 9.06. The summed E-state index contributed by atoms with van der Waals surface area (Å²) in [4.78, 5) is 67.6. The lowest BCUT2D eigenvalue weighted by Crippen LogP contribution is -2.74. The summed E-state index contributed by atoms with van der Waals surface area (Å²) in [6, 6.07) is 1.71. The largest absolute Gasteiger partial charge is 0.507 e. The molecule has 0 aliphatic heterocycles. The van der Waals surface area contributed by atoms with Crippen molar-refractivity contribution in [2.24, 2.45) is 29.4 Å². The van der Waals surface area contributed by atoms with Gasteiger partial charge in [0.2, 0.25) is 5.91 Å². The Morgan fingerprint density at radius 2 is 1.72 bits per heavy atom. The van der Waals surface area contributed by atoms with E-state index in [2.05, 4.69) is 11.8 Å². The summed E-state index contributed by atoms with van der Waals surface area (Å²) in [6.07, 6.45) is 3.91. The first-order valence-electron chi connectivity index (χ1n) is 13.3. The summed E-state index contributed by atoms with van der Waals surface area (Å²) in [7, 11) is 3.08. The Bertz CT molecular complexity index is 1360. The first-order valence-corrected chi connectivity index (χ1v) is 13.3. The van der Waals surface area contributed by atoms with E-state index in [1.165, 1.54) is 25.1 Å². The molecule has 0 bridgehead atoms. The van der Waals surface area contributed by atoms with Gasteiger partial charge < -0.3 is 21.1 Å². The Morgan fingerprint density at radius 1 is 1.05 bits per heavy atom. The number of primary amides is 1. The van der Waals surface area contributed by atoms with E-state index in [9.17, 15) is 39.3 Å². The second kappa shape index (κ2) is 9.37. The molecule has 0 spiro atoms. The number of phenols is 1. The molecule has 3 fully saturated rings. The lowest BCUT2D eigenvalue weighted by atomic mass is 9.52. The molecule has 1 aromatic carbocycles. The van der Waals surface area contributed by atoms with Gasteiger partial charge in [-0.05, 0) is 76.2 Å². The predicted octanol–water partition coefficient (Wildman–Crippen LogP) is -0.0863. The number of ketones is 4. The van der Waals surface area contributed by atoms with Gasteiger partial charge in [-0.25, -0.2) is 0 Å². The van der Waals surface area contributed by atoms with Crippen molar-refractivity contribution >= 4 is 29.0 Å². The Morgan fingerprint density at radius 3 is 2.33 bits per heavy atom. The minimum Gasteiger partial charge on any atom is -0.507 e. The highest BCUT2D eigenvalue weighted by Crippen LogP contribution is 2.51. The number of aliphatic hydroxyl groups is 2. The average Bonchev–Trinajstić information content (AvgIpc) is 2.86. The van der Waals surface area contributed by atoms with Gasteiger partial charge in [0, 0.05) is 11.5 Å². The number of benzene rings is 1. The van der Waals surface area contributed by atoms with Gasteiger partial charge in [-0.15, -0.1) is 0 Å². The highest BCUT2D eigenvalue weighted by atomic mass is 16.3. The molecule has 5 rings (SSSR count). The molecule has 0 radical (unpaired) electrons. The summed E-state index contributed by atoms with van der Waals surface area (Å²) in [5, 5.41) is 33.1. The van der Waals surface area contributed by atoms with Crippen LogP contribution in [-0.4, -0.2) is 80.6 Å². The third-order valence-electron chi connectivity index (χ3n) is 9.06. The van der Waals surface area contributed by atoms with Gasteiger partial charge >= 0.3 is 0 Å². The van der Waals surface area contributed by atoms with E-state index in [0.717, 1.165) is 19.3 Å². The van der Waals surface area contributed by atoms with Gasteiger partial charge in [0.25, 0.3) is 0 Å². The summed E-state index contributed by atoms with van der Waals surface area (Å²) < 4.78 is 0. The molecule has 1 amide bonds. The van der Waals surface area contributed by atoms with E-state index in [4.69, 9.17) is 5.73 Å². The molecule has 0 saturated heterocycles. The molecule has 10 heteroatoms. The lowest BCUT2D eigenvalue weighted by molar-refractivity contribution is -0.181. The fraction of sp³-hybridized carbons (Fsp3) is 0.552. The molecular weight excluding hydrogens is 504 g/mol. The van der Waals surface area contributed by atoms with E-state index in [1.54, 1.807) is 6.07 Å². The maximum absolute atomic E-state index is 13.8. The van der Waals surface area contributed by atoms with Gasteiger partial charge in [0.05, 0.1) is 17.5 Å². The number of carbonyl (C=O) groups is 5. The molecule has 0 heterocycles. The SMILES string of the molecule is CN(C)C1C(=O)C(C(N)=O)C(=O)C2(O)C(=O)C3C(=O)c4c(O)ccc(C#CC5(O)CCCCC5)c4CC3CC12. The maximum Gasteiger partial charge on any atom is 0.235 e. The standard InChI is InChI=1S/C29H32N2O8/c1-31(2)22-17-13-15-12-16-14(8-11-28(38)9-4-3-5-10-28)6-7-18(32)20(16)23(33)19(15)25(35)29(17,39)26(36)21(24(22)34)27(30)37/h6-7,15,17,19,21-22,32,38-39H,3-5,9-10,12-13H2,1-2H3,(H2,30,37). The maximum atomic E-state index is 13.8. The van der Waals surface area contributed by atoms with Crippen LogP contribution in [0.15, 0.2) is 12.1 Å². The smallest absolute Gasteiger partial charge is 0.235 e. The van der Waals surface area contributed by atoms with Crippen LogP contribution in [0, 0.1) is 35.5 Å². The molecule has 3 saturated carbocycles. The highest BCUT2D eigenvalue weighted by molar-refractivity contribution is 6.32. The minimum atomic E-state index is -2.76. The predicted molar refractivity (Wildman–Crippen MR) is 136 cm³/mol. The molecule has 0 aromatic heterocycles. The number of phenolic OH excluding ortho intramolecular Hbond substituents is 1. The zero-order valence-corrected chi connectivity index (χ0v) is 21.9. The van der Waals surface area contributed by atoms with Crippen LogP contribution < -0.4 is 5.73 Å². The zero-order valence-electron chi connectivity index (χ0n) is 21.9. The van der Waals surface area contributed by atoms with Crippen LogP contribution in [0.25, 0.3) is 0 Å². The van der Waals surface area contributed by atoms with Crippen molar-refractivity contribution in [3.8, 4) is 17.6 Å². The molecular formula is C29H32N2O8. The van der Waals surface area contributed by atoms with Gasteiger partial charge in [0.1, 0.15) is 11.4 Å². The van der Waals surface area contributed by atoms with Crippen molar-refractivity contribution < 1.29 is 39.3 Å². The Balaban J connectivity index is 1.59. The van der Waals surface area contributed by atoms with Crippen molar-refractivity contribution in [2.75, 3.05) is 14.1 Å². The molecule has 1 aromatic rings. The molecule has 4 aliphatic rings. The van der Waals surface area contributed by atoms with E-state index >= 15 is 0 Å². The number of amides is 1. The van der Waals surface area contributed by atoms with Crippen LogP contribution in [-0.2, 0) is 25.6 Å². The molecule has 6 unspecified atom stereocenters. The Labute approximate surface area is 225 Å². The minimum absolute atomic E-state index is 0.0314. The number of carbonyl (C=O) groups excluding carboxylic acids is 5. The number of aromatic hydroxyl groups is 1. The summed E-state index contributed by atoms with van der Waals surface area (Å²) in [5.74, 6) is -4.94. The second-order valence-corrected chi connectivity index (χ2v) is 11.6. The van der Waals surface area contributed by atoms with Crippen LogP contribution in [0.2, 0.25) is 0 Å². The molecule has 4 aliphatic carbocycles. The van der Waals surface area contributed by atoms with Crippen molar-refractivity contribution in [3.05, 3.63) is 28.8 Å². The van der Waals surface area contributed by atoms with E-state index < -0.39 is 70.0 Å². The number of nitrogens with two attached hydrogens (primary N) is 1. The summed E-state index contributed by atoms with van der Waals surface area (Å²) in [5.41, 5.74) is 2.20. The third kappa shape index (κ3) is 4.03. The number of nitrogens with zero attached hydrogens (tertiary/aromatic N) is 1. The quantitative estimate of drug-likeness (QED) is 0.297. The van der Waals surface area contributed by atoms with Crippen molar-refractivity contribution in [2.45, 2.75) is 62.2 Å². The average molecular weight is 537 g/mol. The van der Waals surface area contributed by atoms with Crippen LogP contribution in [0.4, 0.5) is 0 Å². The van der Waals surface area contributed by atoms with Gasteiger partial charge in [0.15, 0.2) is 34.7 Å². The van der Waals surface area contributed by atoms with Crippen molar-refractivity contribution in [1.82, 2.24) is 4.90 Å². The first-order chi connectivity index (χ1) is 18.3. The highest BCUT2D eigenvalue weighted by Gasteiger charge is 2.69. The van der Waals surface area contributed by atoms with Gasteiger partial charge in [-0.1, -0.05) is 18.3 Å². The summed E-state index contributed by atoms with van der Waals surface area (Å²) in [6.45, 7) is 0. The van der Waals surface area contributed by atoms with Gasteiger partial charge in [-0.2, -0.15) is 0 Å². The zero-order chi connectivity index (χ0) is 28.4. The molecule has 206 valence electrons. The van der Waals surface area contributed by atoms with Crippen LogP contribution in [0.3, 0.4) is 0 Å². The number of Topliss-reactive ketones (excluding diaryl/α,β-unsaturated/α-hetero) is 4. The fourth-order valence-corrected chi connectivity index (χ4v) is 7.17. The van der Waals surface area contributed by atoms with Crippen LogP contribution in [0.5, 0.6) is 5.75 Å². The molecule has 39 heavy (non-hydrogen) atoms. The number of fused-ring (bicyclic) bond motifs is 3. The molecule has 10 nitrogen and oxygen atoms in total. The van der Waals surface area contributed by atoms with E-state index in [-0.39, 0.29) is 24.2 Å². The number of rotatable bonds is 2. The van der Waals surface area contributed by atoms with E-state index in [0.29, 0.717) is 24.0 Å². The fourth-order valence-electron chi connectivity index (χ4n) is 7.17. The molecule has 5 N–H and O–H groups in total.